The average molecular weight is 189 g/mol. The Morgan fingerprint density at radius 1 is 1.36 bits per heavy atom. The summed E-state index contributed by atoms with van der Waals surface area (Å²) in [6.07, 6.45) is 1.63. The van der Waals surface area contributed by atoms with Crippen molar-refractivity contribution in [2.24, 2.45) is 0 Å². The van der Waals surface area contributed by atoms with Crippen LogP contribution in [0.1, 0.15) is 11.3 Å². The smallest absolute Gasteiger partial charge is 0.119 e. The van der Waals surface area contributed by atoms with E-state index in [1.54, 1.807) is 12.3 Å². The molecule has 0 saturated carbocycles. The SMILES string of the molecule is Cc1cc2c(CO)nccc2cc1O. The van der Waals surface area contributed by atoms with E-state index in [9.17, 15) is 5.11 Å². The van der Waals surface area contributed by atoms with Crippen molar-refractivity contribution in [2.45, 2.75) is 13.5 Å². The maximum atomic E-state index is 9.50. The molecule has 0 unspecified atom stereocenters. The van der Waals surface area contributed by atoms with Crippen LogP contribution < -0.4 is 0 Å². The highest BCUT2D eigenvalue weighted by Crippen LogP contribution is 2.25. The van der Waals surface area contributed by atoms with Gasteiger partial charge < -0.3 is 10.2 Å². The lowest BCUT2D eigenvalue weighted by Crippen LogP contribution is -1.90. The number of aliphatic hydroxyl groups is 1. The van der Waals surface area contributed by atoms with Crippen LogP contribution in [0.5, 0.6) is 5.75 Å². The Hall–Kier alpha value is -1.61. The van der Waals surface area contributed by atoms with E-state index in [-0.39, 0.29) is 12.4 Å². The fourth-order valence-electron chi connectivity index (χ4n) is 1.50. The first-order chi connectivity index (χ1) is 6.72. The van der Waals surface area contributed by atoms with Crippen LogP contribution in [0.15, 0.2) is 24.4 Å². The molecule has 2 N–H and O–H groups in total. The Labute approximate surface area is 81.7 Å². The Morgan fingerprint density at radius 2 is 2.14 bits per heavy atom. The lowest BCUT2D eigenvalue weighted by Gasteiger charge is -2.05. The average Bonchev–Trinajstić information content (AvgIpc) is 2.19. The summed E-state index contributed by atoms with van der Waals surface area (Å²) in [4.78, 5) is 4.06. The van der Waals surface area contributed by atoms with Crippen molar-refractivity contribution in [1.29, 1.82) is 0 Å². The van der Waals surface area contributed by atoms with E-state index in [1.807, 2.05) is 19.1 Å². The molecule has 0 aliphatic carbocycles. The van der Waals surface area contributed by atoms with E-state index >= 15 is 0 Å². The van der Waals surface area contributed by atoms with Crippen molar-refractivity contribution in [3.63, 3.8) is 0 Å². The minimum Gasteiger partial charge on any atom is -0.508 e. The first-order valence-electron chi connectivity index (χ1n) is 4.40. The van der Waals surface area contributed by atoms with Gasteiger partial charge in [0.2, 0.25) is 0 Å². The minimum absolute atomic E-state index is 0.0818. The van der Waals surface area contributed by atoms with E-state index in [1.165, 1.54) is 0 Å². The van der Waals surface area contributed by atoms with Crippen molar-refractivity contribution in [3.05, 3.63) is 35.7 Å². The largest absolute Gasteiger partial charge is 0.508 e. The number of phenols is 1. The third-order valence-corrected chi connectivity index (χ3v) is 2.31. The van der Waals surface area contributed by atoms with Crippen LogP contribution in [-0.4, -0.2) is 15.2 Å². The number of aryl methyl sites for hydroxylation is 1. The first-order valence-corrected chi connectivity index (χ1v) is 4.40. The molecule has 0 spiro atoms. The summed E-state index contributed by atoms with van der Waals surface area (Å²) in [5.74, 6) is 0.271. The van der Waals surface area contributed by atoms with Gasteiger partial charge in [-0.2, -0.15) is 0 Å². The zero-order valence-electron chi connectivity index (χ0n) is 7.86. The molecule has 0 aliphatic heterocycles. The van der Waals surface area contributed by atoms with Crippen molar-refractivity contribution < 1.29 is 10.2 Å². The normalized spacial score (nSPS) is 10.7. The van der Waals surface area contributed by atoms with Gasteiger partial charge in [0.05, 0.1) is 12.3 Å². The number of benzene rings is 1. The van der Waals surface area contributed by atoms with Crippen LogP contribution in [0, 0.1) is 6.92 Å². The number of pyridine rings is 1. The molecule has 0 radical (unpaired) electrons. The number of aromatic nitrogens is 1. The number of aliphatic hydroxyl groups excluding tert-OH is 1. The van der Waals surface area contributed by atoms with E-state index in [4.69, 9.17) is 5.11 Å². The quantitative estimate of drug-likeness (QED) is 0.718. The van der Waals surface area contributed by atoms with Crippen molar-refractivity contribution in [3.8, 4) is 5.75 Å². The zero-order valence-corrected chi connectivity index (χ0v) is 7.86. The third-order valence-electron chi connectivity index (χ3n) is 2.31. The molecule has 0 saturated heterocycles. The number of fused-ring (bicyclic) bond motifs is 1. The standard InChI is InChI=1S/C11H11NO2/c1-7-4-9-8(5-11(7)14)2-3-12-10(9)6-13/h2-5,13-14H,6H2,1H3. The van der Waals surface area contributed by atoms with E-state index in [0.717, 1.165) is 16.3 Å². The highest BCUT2D eigenvalue weighted by Gasteiger charge is 2.04. The number of phenolic OH excluding ortho intramolecular Hbond substituents is 1. The monoisotopic (exact) mass is 189 g/mol. The summed E-state index contributed by atoms with van der Waals surface area (Å²) in [6, 6.07) is 5.34. The van der Waals surface area contributed by atoms with Crippen molar-refractivity contribution in [2.75, 3.05) is 0 Å². The fourth-order valence-corrected chi connectivity index (χ4v) is 1.50. The summed E-state index contributed by atoms with van der Waals surface area (Å²) in [5, 5.41) is 20.4. The molecule has 0 bridgehead atoms. The van der Waals surface area contributed by atoms with Gasteiger partial charge >= 0.3 is 0 Å². The Balaban J connectivity index is 2.81. The molecule has 1 heterocycles. The van der Waals surface area contributed by atoms with Crippen LogP contribution in [0.2, 0.25) is 0 Å². The summed E-state index contributed by atoms with van der Waals surface area (Å²) in [7, 11) is 0. The molecule has 1 aromatic carbocycles. The van der Waals surface area contributed by atoms with Gasteiger partial charge in [-0.3, -0.25) is 4.98 Å². The van der Waals surface area contributed by atoms with Crippen LogP contribution >= 0.6 is 0 Å². The van der Waals surface area contributed by atoms with Crippen LogP contribution in [0.25, 0.3) is 10.8 Å². The molecule has 0 atom stereocenters. The molecule has 0 fully saturated rings. The summed E-state index contributed by atoms with van der Waals surface area (Å²) < 4.78 is 0. The molecular formula is C11H11NO2. The van der Waals surface area contributed by atoms with E-state index < -0.39 is 0 Å². The van der Waals surface area contributed by atoms with Gasteiger partial charge in [0, 0.05) is 11.6 Å². The number of hydrogen-bond donors (Lipinski definition) is 2. The number of hydrogen-bond acceptors (Lipinski definition) is 3. The molecule has 3 heteroatoms. The summed E-state index contributed by atoms with van der Waals surface area (Å²) in [5.41, 5.74) is 1.44. The Kier molecular flexibility index (Phi) is 2.09. The highest BCUT2D eigenvalue weighted by molar-refractivity contribution is 5.86. The van der Waals surface area contributed by atoms with Gasteiger partial charge in [-0.25, -0.2) is 0 Å². The molecule has 0 aliphatic rings. The van der Waals surface area contributed by atoms with Crippen molar-refractivity contribution in [1.82, 2.24) is 4.98 Å². The number of rotatable bonds is 1. The van der Waals surface area contributed by atoms with Gasteiger partial charge in [-0.1, -0.05) is 0 Å². The highest BCUT2D eigenvalue weighted by atomic mass is 16.3. The molecule has 0 amide bonds. The van der Waals surface area contributed by atoms with Crippen molar-refractivity contribution >= 4 is 10.8 Å². The van der Waals surface area contributed by atoms with Crippen LogP contribution in [0.3, 0.4) is 0 Å². The maximum absolute atomic E-state index is 9.50. The van der Waals surface area contributed by atoms with Gasteiger partial charge in [0.15, 0.2) is 0 Å². The lowest BCUT2D eigenvalue weighted by atomic mass is 10.1. The Bertz CT molecular complexity index is 480. The van der Waals surface area contributed by atoms with E-state index in [2.05, 4.69) is 4.98 Å². The molecular weight excluding hydrogens is 178 g/mol. The molecule has 2 aromatic rings. The number of aromatic hydroxyl groups is 1. The molecule has 14 heavy (non-hydrogen) atoms. The predicted molar refractivity (Wildman–Crippen MR) is 54.1 cm³/mol. The topological polar surface area (TPSA) is 53.4 Å². The maximum Gasteiger partial charge on any atom is 0.119 e. The van der Waals surface area contributed by atoms with E-state index in [0.29, 0.717) is 5.69 Å². The second-order valence-corrected chi connectivity index (χ2v) is 3.28. The first kappa shape index (κ1) is 8.97. The Morgan fingerprint density at radius 3 is 2.86 bits per heavy atom. The molecule has 2 rings (SSSR count). The second kappa shape index (κ2) is 3.27. The zero-order chi connectivity index (χ0) is 10.1. The lowest BCUT2D eigenvalue weighted by molar-refractivity contribution is 0.278. The van der Waals surface area contributed by atoms with Crippen LogP contribution in [0.4, 0.5) is 0 Å². The van der Waals surface area contributed by atoms with Gasteiger partial charge in [0.25, 0.3) is 0 Å². The second-order valence-electron chi connectivity index (χ2n) is 3.28. The van der Waals surface area contributed by atoms with Crippen LogP contribution in [-0.2, 0) is 6.61 Å². The molecule has 1 aromatic heterocycles. The summed E-state index contributed by atoms with van der Waals surface area (Å²) in [6.45, 7) is 1.74. The van der Waals surface area contributed by atoms with Gasteiger partial charge in [0.1, 0.15) is 5.75 Å². The molecule has 3 nitrogen and oxygen atoms in total. The fraction of sp³-hybridized carbons (Fsp3) is 0.182. The number of nitrogens with zero attached hydrogens (tertiary/aromatic N) is 1. The van der Waals surface area contributed by atoms with Gasteiger partial charge in [-0.15, -0.1) is 0 Å². The third kappa shape index (κ3) is 1.32. The van der Waals surface area contributed by atoms with Gasteiger partial charge in [-0.05, 0) is 36.1 Å². The molecule has 72 valence electrons. The minimum atomic E-state index is -0.0818. The predicted octanol–water partition coefficient (Wildman–Crippen LogP) is 1.74. The summed E-state index contributed by atoms with van der Waals surface area (Å²) >= 11 is 0.